The van der Waals surface area contributed by atoms with Crippen molar-refractivity contribution < 1.29 is 9.18 Å². The second kappa shape index (κ2) is 5.88. The van der Waals surface area contributed by atoms with Crippen LogP contribution in [0.5, 0.6) is 0 Å². The predicted molar refractivity (Wildman–Crippen MR) is 77.9 cm³/mol. The van der Waals surface area contributed by atoms with Crippen LogP contribution < -0.4 is 10.6 Å². The van der Waals surface area contributed by atoms with Gasteiger partial charge in [-0.15, -0.1) is 0 Å². The smallest absolute Gasteiger partial charge is 0.257 e. The van der Waals surface area contributed by atoms with Gasteiger partial charge in [-0.05, 0) is 36.8 Å². The van der Waals surface area contributed by atoms with Gasteiger partial charge in [-0.25, -0.2) is 9.37 Å². The minimum absolute atomic E-state index is 0.250. The minimum atomic E-state index is -0.375. The average molecular weight is 294 g/mol. The van der Waals surface area contributed by atoms with Crippen LogP contribution >= 0.6 is 11.6 Å². The first-order valence-corrected chi connectivity index (χ1v) is 6.30. The van der Waals surface area contributed by atoms with Gasteiger partial charge in [0.15, 0.2) is 0 Å². The van der Waals surface area contributed by atoms with Gasteiger partial charge in [-0.1, -0.05) is 11.6 Å². The molecule has 6 heteroatoms. The summed E-state index contributed by atoms with van der Waals surface area (Å²) in [6.07, 6.45) is 1.40. The van der Waals surface area contributed by atoms with Gasteiger partial charge in [0.25, 0.3) is 5.91 Å². The summed E-state index contributed by atoms with van der Waals surface area (Å²) in [5.74, 6) is -0.155. The van der Waals surface area contributed by atoms with Crippen LogP contribution in [0, 0.1) is 12.7 Å². The van der Waals surface area contributed by atoms with E-state index in [2.05, 4.69) is 15.6 Å². The molecule has 1 aromatic carbocycles. The Kier molecular flexibility index (Phi) is 4.20. The second-order valence-corrected chi connectivity index (χ2v) is 4.62. The number of nitrogens with one attached hydrogen (secondary N) is 2. The molecule has 0 aliphatic rings. The molecule has 0 saturated carbocycles. The maximum absolute atomic E-state index is 13.2. The molecular weight excluding hydrogens is 281 g/mol. The highest BCUT2D eigenvalue weighted by atomic mass is 35.5. The normalized spacial score (nSPS) is 10.2. The molecule has 1 amide bonds. The Hall–Kier alpha value is -2.14. The van der Waals surface area contributed by atoms with Crippen LogP contribution in [0.3, 0.4) is 0 Å². The fourth-order valence-corrected chi connectivity index (χ4v) is 1.86. The molecular formula is C14H13ClFN3O. The molecule has 2 rings (SSSR count). The van der Waals surface area contributed by atoms with E-state index in [0.29, 0.717) is 22.6 Å². The largest absolute Gasteiger partial charge is 0.373 e. The fraction of sp³-hybridized carbons (Fsp3) is 0.143. The molecule has 0 aliphatic heterocycles. The van der Waals surface area contributed by atoms with Crippen molar-refractivity contribution in [1.29, 1.82) is 0 Å². The van der Waals surface area contributed by atoms with Crippen molar-refractivity contribution in [2.45, 2.75) is 6.92 Å². The molecule has 2 N–H and O–H groups in total. The summed E-state index contributed by atoms with van der Waals surface area (Å²) < 4.78 is 13.2. The first kappa shape index (κ1) is 14.3. The van der Waals surface area contributed by atoms with Gasteiger partial charge in [0.2, 0.25) is 0 Å². The Labute approximate surface area is 121 Å². The highest BCUT2D eigenvalue weighted by Gasteiger charge is 2.12. The van der Waals surface area contributed by atoms with Crippen LogP contribution in [0.2, 0.25) is 5.02 Å². The Morgan fingerprint density at radius 2 is 2.10 bits per heavy atom. The molecule has 0 aliphatic carbocycles. The van der Waals surface area contributed by atoms with Crippen LogP contribution in [0.25, 0.3) is 0 Å². The third-order valence-corrected chi connectivity index (χ3v) is 3.07. The summed E-state index contributed by atoms with van der Waals surface area (Å²) in [5, 5.41) is 5.75. The molecule has 1 heterocycles. The Bertz CT molecular complexity index is 661. The van der Waals surface area contributed by atoms with Gasteiger partial charge in [-0.3, -0.25) is 4.79 Å². The van der Waals surface area contributed by atoms with Crippen molar-refractivity contribution >= 4 is 29.0 Å². The lowest BCUT2D eigenvalue weighted by Crippen LogP contribution is -2.13. The van der Waals surface area contributed by atoms with Crippen molar-refractivity contribution in [2.75, 3.05) is 17.7 Å². The quantitative estimate of drug-likeness (QED) is 0.911. The van der Waals surface area contributed by atoms with E-state index in [9.17, 15) is 9.18 Å². The summed E-state index contributed by atoms with van der Waals surface area (Å²) in [6.45, 7) is 1.63. The minimum Gasteiger partial charge on any atom is -0.373 e. The lowest BCUT2D eigenvalue weighted by molar-refractivity contribution is 0.102. The Morgan fingerprint density at radius 3 is 2.75 bits per heavy atom. The molecule has 4 nitrogen and oxygen atoms in total. The molecule has 0 saturated heterocycles. The first-order valence-electron chi connectivity index (χ1n) is 5.92. The van der Waals surface area contributed by atoms with Crippen molar-refractivity contribution in [3.05, 3.63) is 52.4 Å². The van der Waals surface area contributed by atoms with E-state index in [1.165, 1.54) is 18.3 Å². The molecule has 20 heavy (non-hydrogen) atoms. The van der Waals surface area contributed by atoms with Crippen LogP contribution in [0.15, 0.2) is 30.5 Å². The van der Waals surface area contributed by atoms with Gasteiger partial charge < -0.3 is 10.6 Å². The third-order valence-electron chi connectivity index (χ3n) is 2.77. The van der Waals surface area contributed by atoms with E-state index in [1.807, 2.05) is 0 Å². The zero-order valence-electron chi connectivity index (χ0n) is 11.0. The monoisotopic (exact) mass is 293 g/mol. The number of carbonyl (C=O) groups excluding carboxylic acids is 1. The highest BCUT2D eigenvalue weighted by molar-refractivity contribution is 6.34. The number of anilines is 2. The summed E-state index contributed by atoms with van der Waals surface area (Å²) in [7, 11) is 1.70. The Morgan fingerprint density at radius 1 is 1.35 bits per heavy atom. The van der Waals surface area contributed by atoms with E-state index in [-0.39, 0.29) is 16.7 Å². The first-order chi connectivity index (χ1) is 9.51. The summed E-state index contributed by atoms with van der Waals surface area (Å²) >= 11 is 5.96. The van der Waals surface area contributed by atoms with Crippen LogP contribution in [-0.2, 0) is 0 Å². The maximum atomic E-state index is 13.2. The Balaban J connectivity index is 2.25. The van der Waals surface area contributed by atoms with Gasteiger partial charge >= 0.3 is 0 Å². The summed E-state index contributed by atoms with van der Waals surface area (Å²) in [6, 6.07) is 5.90. The van der Waals surface area contributed by atoms with Crippen molar-refractivity contribution in [2.24, 2.45) is 0 Å². The number of amides is 1. The standard InChI is InChI=1S/C14H13ClFN3O/c1-8-5-9(3-4-12(8)16)19-14(20)10-6-13(17-2)18-7-11(10)15/h3-7H,1-2H3,(H,17,18)(H,19,20). The summed E-state index contributed by atoms with van der Waals surface area (Å²) in [4.78, 5) is 16.2. The molecule has 1 aromatic heterocycles. The maximum Gasteiger partial charge on any atom is 0.257 e. The predicted octanol–water partition coefficient (Wildman–Crippen LogP) is 3.48. The van der Waals surface area contributed by atoms with Crippen LogP contribution in [0.4, 0.5) is 15.9 Å². The lowest BCUT2D eigenvalue weighted by atomic mass is 10.2. The highest BCUT2D eigenvalue weighted by Crippen LogP contribution is 2.20. The lowest BCUT2D eigenvalue weighted by Gasteiger charge is -2.09. The van der Waals surface area contributed by atoms with E-state index in [4.69, 9.17) is 11.6 Å². The van der Waals surface area contributed by atoms with Gasteiger partial charge in [-0.2, -0.15) is 0 Å². The molecule has 0 unspecified atom stereocenters. The van der Waals surface area contributed by atoms with E-state index in [0.717, 1.165) is 0 Å². The van der Waals surface area contributed by atoms with Crippen LogP contribution in [0.1, 0.15) is 15.9 Å². The second-order valence-electron chi connectivity index (χ2n) is 4.22. The molecule has 0 atom stereocenters. The average Bonchev–Trinajstić information content (AvgIpc) is 2.43. The molecule has 2 aromatic rings. The number of hydrogen-bond donors (Lipinski definition) is 2. The topological polar surface area (TPSA) is 54.0 Å². The van der Waals surface area contributed by atoms with E-state index < -0.39 is 0 Å². The molecule has 0 radical (unpaired) electrons. The fourth-order valence-electron chi connectivity index (χ4n) is 1.67. The SMILES string of the molecule is CNc1cc(C(=O)Nc2ccc(F)c(C)c2)c(Cl)cn1. The van der Waals surface area contributed by atoms with E-state index >= 15 is 0 Å². The summed E-state index contributed by atoms with van der Waals surface area (Å²) in [5.41, 5.74) is 1.26. The van der Waals surface area contributed by atoms with Crippen molar-refractivity contribution in [3.63, 3.8) is 0 Å². The number of benzene rings is 1. The number of hydrogen-bond acceptors (Lipinski definition) is 3. The van der Waals surface area contributed by atoms with Gasteiger partial charge in [0, 0.05) is 18.9 Å². The zero-order chi connectivity index (χ0) is 14.7. The number of pyridine rings is 1. The molecule has 0 spiro atoms. The van der Waals surface area contributed by atoms with E-state index in [1.54, 1.807) is 26.1 Å². The zero-order valence-corrected chi connectivity index (χ0v) is 11.8. The van der Waals surface area contributed by atoms with Crippen LogP contribution in [-0.4, -0.2) is 17.9 Å². The van der Waals surface area contributed by atoms with Crippen molar-refractivity contribution in [1.82, 2.24) is 4.98 Å². The number of carbonyl (C=O) groups is 1. The third kappa shape index (κ3) is 3.05. The van der Waals surface area contributed by atoms with Gasteiger partial charge in [0.05, 0.1) is 10.6 Å². The number of aryl methyl sites for hydroxylation is 1. The molecule has 0 fully saturated rings. The molecule has 0 bridgehead atoms. The van der Waals surface area contributed by atoms with Crippen molar-refractivity contribution in [3.8, 4) is 0 Å². The molecule has 104 valence electrons. The number of aromatic nitrogens is 1. The van der Waals surface area contributed by atoms with Gasteiger partial charge in [0.1, 0.15) is 11.6 Å². The number of nitrogens with zero attached hydrogens (tertiary/aromatic N) is 1. The number of rotatable bonds is 3. The number of halogens is 2.